The van der Waals surface area contributed by atoms with Crippen LogP contribution in [-0.4, -0.2) is 36.7 Å². The Morgan fingerprint density at radius 1 is 1.09 bits per heavy atom. The topological polar surface area (TPSA) is 29.5 Å². The minimum Gasteiger partial charge on any atom is -0.493 e. The van der Waals surface area contributed by atoms with E-state index in [2.05, 4.69) is 13.8 Å². The molecule has 3 nitrogen and oxygen atoms in total. The molecule has 5 rings (SSSR count). The van der Waals surface area contributed by atoms with Crippen molar-refractivity contribution in [1.82, 2.24) is 4.90 Å². The Hall–Kier alpha value is -1.79. The highest BCUT2D eigenvalue weighted by molar-refractivity contribution is 5.95. The number of hydrogen-bond acceptors (Lipinski definition) is 2. The highest BCUT2D eigenvalue weighted by Gasteiger charge is 2.46. The van der Waals surface area contributed by atoms with E-state index < -0.39 is 30.4 Å². The lowest BCUT2D eigenvalue weighted by molar-refractivity contribution is -0.169. The lowest BCUT2D eigenvalue weighted by Crippen LogP contribution is -2.43. The summed E-state index contributed by atoms with van der Waals surface area (Å²) in [6.07, 6.45) is 3.40. The molecule has 0 spiro atoms. The van der Waals surface area contributed by atoms with Crippen LogP contribution in [-0.2, 0) is 0 Å². The van der Waals surface area contributed by atoms with Crippen molar-refractivity contribution in [2.24, 2.45) is 29.1 Å². The second-order valence-electron chi connectivity index (χ2n) is 11.9. The molecule has 3 aliphatic carbocycles. The molecule has 0 N–H and O–H groups in total. The molecule has 1 aromatic carbocycles. The van der Waals surface area contributed by atoms with E-state index in [0.29, 0.717) is 24.2 Å². The van der Waals surface area contributed by atoms with Crippen molar-refractivity contribution in [1.29, 1.82) is 0 Å². The maximum atomic E-state index is 15.1. The number of amides is 1. The summed E-state index contributed by atoms with van der Waals surface area (Å²) in [4.78, 5) is 14.1. The van der Waals surface area contributed by atoms with Crippen LogP contribution in [0.2, 0.25) is 0 Å². The van der Waals surface area contributed by atoms with Crippen molar-refractivity contribution in [3.05, 3.63) is 29.1 Å². The average Bonchev–Trinajstić information content (AvgIpc) is 3.44. The van der Waals surface area contributed by atoms with E-state index in [-0.39, 0.29) is 29.9 Å². The second-order valence-corrected chi connectivity index (χ2v) is 11.9. The number of likely N-dealkylation sites (tertiary alicyclic amines) is 1. The number of alkyl halides is 3. The van der Waals surface area contributed by atoms with Gasteiger partial charge in [0.05, 0.1) is 18.1 Å². The lowest BCUT2D eigenvalue weighted by atomic mass is 9.57. The van der Waals surface area contributed by atoms with Gasteiger partial charge in [0.2, 0.25) is 0 Å². The Labute approximate surface area is 199 Å². The summed E-state index contributed by atoms with van der Waals surface area (Å²) in [5.41, 5.74) is 0.818. The molecular formula is C27H35F4NO2. The van der Waals surface area contributed by atoms with Gasteiger partial charge in [0.15, 0.2) is 0 Å². The van der Waals surface area contributed by atoms with Gasteiger partial charge in [0.25, 0.3) is 5.91 Å². The van der Waals surface area contributed by atoms with Gasteiger partial charge in [-0.2, -0.15) is 13.2 Å². The molecule has 34 heavy (non-hydrogen) atoms. The summed E-state index contributed by atoms with van der Waals surface area (Å²) >= 11 is 0. The third-order valence-electron chi connectivity index (χ3n) is 8.58. The number of carbonyl (C=O) groups is 1. The van der Waals surface area contributed by atoms with Crippen molar-refractivity contribution in [3.8, 4) is 5.75 Å². The molecule has 1 amide bonds. The van der Waals surface area contributed by atoms with Gasteiger partial charge in [-0.05, 0) is 86.7 Å². The summed E-state index contributed by atoms with van der Waals surface area (Å²) in [6.45, 7) is 4.78. The van der Waals surface area contributed by atoms with E-state index in [4.69, 9.17) is 4.74 Å². The highest BCUT2D eigenvalue weighted by atomic mass is 19.4. The number of hydrogen-bond donors (Lipinski definition) is 0. The summed E-state index contributed by atoms with van der Waals surface area (Å²) in [5, 5.41) is 0. The van der Waals surface area contributed by atoms with Crippen LogP contribution < -0.4 is 4.74 Å². The van der Waals surface area contributed by atoms with Crippen LogP contribution in [0.4, 0.5) is 17.6 Å². The molecule has 188 valence electrons. The quantitative estimate of drug-likeness (QED) is 0.426. The van der Waals surface area contributed by atoms with Gasteiger partial charge in [-0.1, -0.05) is 13.8 Å². The molecule has 2 bridgehead atoms. The van der Waals surface area contributed by atoms with Crippen molar-refractivity contribution >= 4 is 5.91 Å². The minimum absolute atomic E-state index is 0.000477. The lowest BCUT2D eigenvalue weighted by Gasteiger charge is -2.49. The molecule has 1 heterocycles. The normalized spacial score (nSPS) is 33.8. The molecule has 1 aromatic rings. The van der Waals surface area contributed by atoms with Crippen LogP contribution >= 0.6 is 0 Å². The number of benzene rings is 1. The molecule has 0 radical (unpaired) electrons. The van der Waals surface area contributed by atoms with Crippen molar-refractivity contribution in [3.63, 3.8) is 0 Å². The standard InChI is InChI=1S/C27H35F4NO2/c1-16-7-18-8-17(2)12-26(11-16,13-18)15-34-24-10-23(28)22(9-21(24)19-3-4-19)25(33)32-6-5-20(14-32)27(29,30)31/h9-10,16-20H,3-8,11-15H2,1-2H3. The fraction of sp³-hybridized carbons (Fsp3) is 0.741. The van der Waals surface area contributed by atoms with Crippen molar-refractivity contribution < 1.29 is 27.1 Å². The zero-order valence-corrected chi connectivity index (χ0v) is 20.1. The summed E-state index contributed by atoms with van der Waals surface area (Å²) < 4.78 is 60.7. The van der Waals surface area contributed by atoms with Crippen LogP contribution in [0.1, 0.15) is 87.1 Å². The monoisotopic (exact) mass is 481 g/mol. The maximum Gasteiger partial charge on any atom is 0.393 e. The molecule has 7 heteroatoms. The van der Waals surface area contributed by atoms with Gasteiger partial charge >= 0.3 is 6.18 Å². The van der Waals surface area contributed by atoms with Gasteiger partial charge in [-0.15, -0.1) is 0 Å². The van der Waals surface area contributed by atoms with Gasteiger partial charge in [-0.3, -0.25) is 4.79 Å². The van der Waals surface area contributed by atoms with Gasteiger partial charge in [-0.25, -0.2) is 4.39 Å². The average molecular weight is 482 g/mol. The van der Waals surface area contributed by atoms with E-state index >= 15 is 4.39 Å². The van der Waals surface area contributed by atoms with Crippen LogP contribution in [0.3, 0.4) is 0 Å². The first-order valence-corrected chi connectivity index (χ1v) is 12.9. The number of halogens is 4. The van der Waals surface area contributed by atoms with E-state index in [1.165, 1.54) is 18.9 Å². The summed E-state index contributed by atoms with van der Waals surface area (Å²) in [6, 6.07) is 2.86. The molecule has 3 saturated carbocycles. The van der Waals surface area contributed by atoms with Crippen LogP contribution in [0.15, 0.2) is 12.1 Å². The molecule has 0 aromatic heterocycles. The smallest absolute Gasteiger partial charge is 0.393 e. The molecule has 3 atom stereocenters. The predicted molar refractivity (Wildman–Crippen MR) is 121 cm³/mol. The SMILES string of the molecule is CC1CC2CC(C)CC(COc3cc(F)c(C(=O)N4CCC(C(F)(F)F)C4)cc3C3CC3)(C1)C2. The predicted octanol–water partition coefficient (Wildman–Crippen LogP) is 6.96. The Morgan fingerprint density at radius 2 is 1.76 bits per heavy atom. The third-order valence-corrected chi connectivity index (χ3v) is 8.58. The Balaban J connectivity index is 1.34. The molecule has 4 fully saturated rings. The van der Waals surface area contributed by atoms with Crippen molar-refractivity contribution in [2.75, 3.05) is 19.7 Å². The fourth-order valence-electron chi connectivity index (χ4n) is 7.27. The van der Waals surface area contributed by atoms with Crippen LogP contribution in [0.25, 0.3) is 0 Å². The number of carbonyl (C=O) groups excluding carboxylic acids is 1. The maximum absolute atomic E-state index is 15.1. The molecule has 3 unspecified atom stereocenters. The zero-order valence-electron chi connectivity index (χ0n) is 20.1. The number of fused-ring (bicyclic) bond motifs is 2. The number of rotatable bonds is 5. The third kappa shape index (κ3) is 4.81. The van der Waals surface area contributed by atoms with E-state index in [1.54, 1.807) is 6.07 Å². The van der Waals surface area contributed by atoms with Crippen LogP contribution in [0, 0.1) is 34.9 Å². The molecular weight excluding hydrogens is 446 g/mol. The fourth-order valence-corrected chi connectivity index (χ4v) is 7.27. The molecule has 4 aliphatic rings. The second kappa shape index (κ2) is 8.70. The summed E-state index contributed by atoms with van der Waals surface area (Å²) in [7, 11) is 0. The molecule has 1 saturated heterocycles. The minimum atomic E-state index is -4.34. The van der Waals surface area contributed by atoms with Crippen LogP contribution in [0.5, 0.6) is 5.75 Å². The highest BCUT2D eigenvalue weighted by Crippen LogP contribution is 2.53. The largest absolute Gasteiger partial charge is 0.493 e. The number of ether oxygens (including phenoxy) is 1. The Bertz CT molecular complexity index is 922. The Kier molecular flexibility index (Phi) is 6.12. The Morgan fingerprint density at radius 3 is 2.35 bits per heavy atom. The zero-order chi connectivity index (χ0) is 24.3. The summed E-state index contributed by atoms with van der Waals surface area (Å²) in [5.74, 6) is -0.102. The molecule has 1 aliphatic heterocycles. The van der Waals surface area contributed by atoms with Gasteiger partial charge in [0, 0.05) is 24.6 Å². The van der Waals surface area contributed by atoms with Crippen molar-refractivity contribution in [2.45, 2.75) is 77.3 Å². The van der Waals surface area contributed by atoms with Gasteiger partial charge < -0.3 is 9.64 Å². The van der Waals surface area contributed by atoms with E-state index in [1.807, 2.05) is 0 Å². The van der Waals surface area contributed by atoms with E-state index in [9.17, 15) is 18.0 Å². The number of nitrogens with zero attached hydrogens (tertiary/aromatic N) is 1. The first-order chi connectivity index (χ1) is 16.0. The first kappa shape index (κ1) is 23.9. The first-order valence-electron chi connectivity index (χ1n) is 12.9. The van der Waals surface area contributed by atoms with E-state index in [0.717, 1.165) is 48.5 Å². The van der Waals surface area contributed by atoms with Gasteiger partial charge in [0.1, 0.15) is 11.6 Å².